The Balaban J connectivity index is 2.11. The number of halogens is 1. The van der Waals surface area contributed by atoms with Crippen molar-refractivity contribution < 1.29 is 19.1 Å². The van der Waals surface area contributed by atoms with Crippen molar-refractivity contribution in [3.8, 4) is 6.07 Å². The number of hydrogen-bond donors (Lipinski definition) is 1. The van der Waals surface area contributed by atoms with Crippen molar-refractivity contribution in [1.29, 1.82) is 5.26 Å². The average molecular weight is 517 g/mol. The van der Waals surface area contributed by atoms with E-state index in [2.05, 4.69) is 11.1 Å². The van der Waals surface area contributed by atoms with E-state index >= 15 is 0 Å². The van der Waals surface area contributed by atoms with Crippen LogP contribution in [0.15, 0.2) is 65.1 Å². The monoisotopic (exact) mass is 516 g/mol. The molecular weight excluding hydrogens is 492 g/mol. The van der Waals surface area contributed by atoms with Crippen molar-refractivity contribution >= 4 is 40.1 Å². The Bertz CT molecular complexity index is 1570. The highest BCUT2D eigenvalue weighted by atomic mass is 35.5. The van der Waals surface area contributed by atoms with Gasteiger partial charge in [-0.05, 0) is 62.2 Å². The molecule has 0 aliphatic carbocycles. The van der Waals surface area contributed by atoms with Crippen molar-refractivity contribution in [3.63, 3.8) is 0 Å². The number of aromatic nitrogens is 1. The zero-order valence-corrected chi connectivity index (χ0v) is 21.8. The zero-order valence-electron chi connectivity index (χ0n) is 21.0. The maximum atomic E-state index is 13.3. The Morgan fingerprint density at radius 2 is 1.73 bits per heavy atom. The molecule has 0 fully saturated rings. The number of carbonyl (C=O) groups is 2. The quantitative estimate of drug-likeness (QED) is 0.391. The lowest BCUT2D eigenvalue weighted by Crippen LogP contribution is -2.40. The first-order chi connectivity index (χ1) is 17.6. The predicted molar refractivity (Wildman–Crippen MR) is 141 cm³/mol. The summed E-state index contributed by atoms with van der Waals surface area (Å²) in [6.45, 7) is 5.78. The molecule has 2 N–H and O–H groups in total. The summed E-state index contributed by atoms with van der Waals surface area (Å²) in [6, 6.07) is 14.9. The molecule has 1 aromatic heterocycles. The third-order valence-corrected chi connectivity index (χ3v) is 6.79. The van der Waals surface area contributed by atoms with E-state index in [1.807, 2.05) is 51.1 Å². The molecule has 0 spiro atoms. The number of nitrogens with two attached hydrogens (primary N) is 1. The van der Waals surface area contributed by atoms with Gasteiger partial charge in [0.15, 0.2) is 0 Å². The van der Waals surface area contributed by atoms with Crippen LogP contribution in [0.4, 0.5) is 5.69 Å². The van der Waals surface area contributed by atoms with Gasteiger partial charge < -0.3 is 15.2 Å². The Labute approximate surface area is 219 Å². The number of nitrogens with zero attached hydrogens (tertiary/aromatic N) is 3. The van der Waals surface area contributed by atoms with Gasteiger partial charge >= 0.3 is 11.9 Å². The van der Waals surface area contributed by atoms with Gasteiger partial charge in [0.05, 0.1) is 42.9 Å². The fourth-order valence-corrected chi connectivity index (χ4v) is 4.72. The highest BCUT2D eigenvalue weighted by molar-refractivity contribution is 6.31. The summed E-state index contributed by atoms with van der Waals surface area (Å²) in [5, 5.41) is 11.1. The van der Waals surface area contributed by atoms with Gasteiger partial charge in [-0.3, -0.25) is 4.90 Å². The molecule has 1 aliphatic rings. The molecule has 1 atom stereocenters. The standard InChI is InChI=1S/C28H25ClN4O4/c1-14-6-9-21-17(10-14)12-19(25(29)32-21)22-20(13-30)26(31)33(18-8-7-15(2)16(3)11-18)24(28(35)37-5)23(22)27(34)36-4/h6-12,22H,31H2,1-5H3. The molecule has 0 saturated carbocycles. The summed E-state index contributed by atoms with van der Waals surface area (Å²) in [5.74, 6) is -2.83. The largest absolute Gasteiger partial charge is 0.466 e. The highest BCUT2D eigenvalue weighted by Gasteiger charge is 2.44. The van der Waals surface area contributed by atoms with Crippen LogP contribution in [-0.2, 0) is 19.1 Å². The number of allylic oxidation sites excluding steroid dienone is 1. The molecule has 0 amide bonds. The molecule has 2 heterocycles. The minimum absolute atomic E-state index is 0.0157. The molecule has 1 unspecified atom stereocenters. The third kappa shape index (κ3) is 4.39. The first kappa shape index (κ1) is 25.7. The van der Waals surface area contributed by atoms with E-state index in [1.54, 1.807) is 12.1 Å². The summed E-state index contributed by atoms with van der Waals surface area (Å²) >= 11 is 6.62. The number of pyridine rings is 1. The molecule has 2 aromatic carbocycles. The fraction of sp³-hybridized carbons (Fsp3) is 0.214. The number of rotatable bonds is 4. The van der Waals surface area contributed by atoms with Gasteiger partial charge in [0.1, 0.15) is 16.7 Å². The number of benzene rings is 2. The number of ether oxygens (including phenoxy) is 2. The van der Waals surface area contributed by atoms with Crippen molar-refractivity contribution in [1.82, 2.24) is 4.98 Å². The molecule has 4 rings (SSSR count). The number of anilines is 1. The van der Waals surface area contributed by atoms with Crippen LogP contribution < -0.4 is 10.6 Å². The second-order valence-corrected chi connectivity index (χ2v) is 9.12. The molecular formula is C28H25ClN4O4. The Morgan fingerprint density at radius 1 is 1.03 bits per heavy atom. The lowest BCUT2D eigenvalue weighted by molar-refractivity contribution is -0.139. The van der Waals surface area contributed by atoms with E-state index in [9.17, 15) is 14.9 Å². The van der Waals surface area contributed by atoms with Gasteiger partial charge in [-0.2, -0.15) is 5.26 Å². The van der Waals surface area contributed by atoms with Crippen LogP contribution in [0.25, 0.3) is 10.9 Å². The molecule has 188 valence electrons. The van der Waals surface area contributed by atoms with Crippen LogP contribution in [0, 0.1) is 32.1 Å². The summed E-state index contributed by atoms with van der Waals surface area (Å²) in [7, 11) is 2.39. The maximum Gasteiger partial charge on any atom is 0.355 e. The van der Waals surface area contributed by atoms with E-state index in [0.29, 0.717) is 16.8 Å². The van der Waals surface area contributed by atoms with Crippen molar-refractivity contribution in [2.24, 2.45) is 5.73 Å². The normalized spacial score (nSPS) is 15.6. The number of hydrogen-bond acceptors (Lipinski definition) is 8. The van der Waals surface area contributed by atoms with E-state index in [4.69, 9.17) is 26.8 Å². The molecule has 0 saturated heterocycles. The van der Waals surface area contributed by atoms with E-state index in [0.717, 1.165) is 22.1 Å². The van der Waals surface area contributed by atoms with Crippen molar-refractivity contribution in [2.45, 2.75) is 26.7 Å². The number of fused-ring (bicyclic) bond motifs is 1. The number of methoxy groups -OCH3 is 2. The van der Waals surface area contributed by atoms with Gasteiger partial charge in [0.2, 0.25) is 0 Å². The van der Waals surface area contributed by atoms with Gasteiger partial charge in [-0.25, -0.2) is 14.6 Å². The summed E-state index contributed by atoms with van der Waals surface area (Å²) in [6.07, 6.45) is 0. The number of aryl methyl sites for hydroxylation is 3. The second kappa shape index (κ2) is 9.96. The SMILES string of the molecule is COC(=O)C1=C(C(=O)OC)N(c2ccc(C)c(C)c2)C(N)=C(C#N)C1c1cc2cc(C)ccc2nc1Cl. The Hall–Kier alpha value is -4.35. The summed E-state index contributed by atoms with van der Waals surface area (Å²) < 4.78 is 10.2. The molecule has 8 nitrogen and oxygen atoms in total. The molecule has 9 heteroatoms. The topological polar surface area (TPSA) is 119 Å². The minimum Gasteiger partial charge on any atom is -0.466 e. The van der Waals surface area contributed by atoms with Crippen LogP contribution in [-0.4, -0.2) is 31.1 Å². The minimum atomic E-state index is -1.13. The fourth-order valence-electron chi connectivity index (χ4n) is 4.47. The Morgan fingerprint density at radius 3 is 2.35 bits per heavy atom. The third-order valence-electron chi connectivity index (χ3n) is 6.49. The second-order valence-electron chi connectivity index (χ2n) is 8.76. The van der Waals surface area contributed by atoms with Crippen LogP contribution in [0.2, 0.25) is 5.15 Å². The van der Waals surface area contributed by atoms with Gasteiger partial charge in [-0.15, -0.1) is 0 Å². The van der Waals surface area contributed by atoms with Gasteiger partial charge in [0.25, 0.3) is 0 Å². The first-order valence-corrected chi connectivity index (χ1v) is 11.7. The molecule has 0 radical (unpaired) electrons. The molecule has 37 heavy (non-hydrogen) atoms. The first-order valence-electron chi connectivity index (χ1n) is 11.4. The number of carbonyl (C=O) groups excluding carboxylic acids is 2. The summed E-state index contributed by atoms with van der Waals surface area (Å²) in [4.78, 5) is 32.4. The predicted octanol–water partition coefficient (Wildman–Crippen LogP) is 4.71. The van der Waals surface area contributed by atoms with Crippen LogP contribution in [0.1, 0.15) is 28.2 Å². The maximum absolute atomic E-state index is 13.3. The van der Waals surface area contributed by atoms with Crippen molar-refractivity contribution in [2.75, 3.05) is 19.1 Å². The average Bonchev–Trinajstić information content (AvgIpc) is 2.88. The molecule has 0 bridgehead atoms. The van der Waals surface area contributed by atoms with E-state index in [-0.39, 0.29) is 27.8 Å². The number of nitriles is 1. The van der Waals surface area contributed by atoms with Crippen LogP contribution in [0.5, 0.6) is 0 Å². The highest BCUT2D eigenvalue weighted by Crippen LogP contribution is 2.45. The Kier molecular flexibility index (Phi) is 6.92. The van der Waals surface area contributed by atoms with E-state index < -0.39 is 17.9 Å². The van der Waals surface area contributed by atoms with E-state index in [1.165, 1.54) is 19.1 Å². The number of esters is 2. The lowest BCUT2D eigenvalue weighted by atomic mass is 9.81. The molecule has 1 aliphatic heterocycles. The lowest BCUT2D eigenvalue weighted by Gasteiger charge is -2.36. The molecule has 3 aromatic rings. The van der Waals surface area contributed by atoms with Crippen LogP contribution in [0.3, 0.4) is 0 Å². The van der Waals surface area contributed by atoms with Crippen LogP contribution >= 0.6 is 11.6 Å². The van der Waals surface area contributed by atoms with Gasteiger partial charge in [-0.1, -0.05) is 29.3 Å². The summed E-state index contributed by atoms with van der Waals surface area (Å²) in [5.41, 5.74) is 10.7. The zero-order chi connectivity index (χ0) is 27.0. The van der Waals surface area contributed by atoms with Gasteiger partial charge in [0, 0.05) is 16.6 Å². The smallest absolute Gasteiger partial charge is 0.355 e. The van der Waals surface area contributed by atoms with Crippen molar-refractivity contribution in [3.05, 3.63) is 92.5 Å².